The van der Waals surface area contributed by atoms with E-state index in [2.05, 4.69) is 4.74 Å². The summed E-state index contributed by atoms with van der Waals surface area (Å²) in [5.74, 6) is -10.0. The summed E-state index contributed by atoms with van der Waals surface area (Å²) in [6.07, 6.45) is -9.07. The Morgan fingerprint density at radius 1 is 0.867 bits per heavy atom. The molecule has 0 aromatic heterocycles. The van der Waals surface area contributed by atoms with Crippen LogP contribution in [-0.2, 0) is 4.74 Å². The van der Waals surface area contributed by atoms with Crippen LogP contribution in [0.25, 0.3) is 0 Å². The van der Waals surface area contributed by atoms with E-state index in [1.165, 1.54) is 0 Å². The highest BCUT2D eigenvalue weighted by molar-refractivity contribution is 5.12. The van der Waals surface area contributed by atoms with Crippen LogP contribution < -0.4 is 0 Å². The van der Waals surface area contributed by atoms with Crippen LogP contribution >= 0.6 is 0 Å². The second kappa shape index (κ2) is 3.19. The zero-order valence-electron chi connectivity index (χ0n) is 6.79. The molecule has 1 aliphatic heterocycles. The lowest BCUT2D eigenvalue weighted by Gasteiger charge is -2.32. The molecule has 15 heavy (non-hydrogen) atoms. The highest BCUT2D eigenvalue weighted by Crippen LogP contribution is 2.55. The van der Waals surface area contributed by atoms with Gasteiger partial charge in [0.25, 0.3) is 18.5 Å². The van der Waals surface area contributed by atoms with Crippen LogP contribution in [0.1, 0.15) is 0 Å². The number of hydrogen-bond donors (Lipinski definition) is 0. The predicted octanol–water partition coefficient (Wildman–Crippen LogP) is 2.56. The van der Waals surface area contributed by atoms with E-state index in [9.17, 15) is 35.1 Å². The molecule has 0 aromatic rings. The second-order valence-corrected chi connectivity index (χ2v) is 2.95. The molecule has 1 nitrogen and oxygen atoms in total. The smallest absolute Gasteiger partial charge is 0.316 e. The maximum Gasteiger partial charge on any atom is 0.316 e. The maximum atomic E-state index is 13.0. The molecular weight excluding hydrogens is 240 g/mol. The topological polar surface area (TPSA) is 9.23 Å². The Morgan fingerprint density at radius 3 is 1.60 bits per heavy atom. The van der Waals surface area contributed by atoms with Crippen molar-refractivity contribution in [2.45, 2.75) is 30.3 Å². The minimum Gasteiger partial charge on any atom is -0.332 e. The molecule has 0 saturated carbocycles. The average Bonchev–Trinajstić information content (AvgIpc) is 2.28. The van der Waals surface area contributed by atoms with Crippen LogP contribution in [0.5, 0.6) is 0 Å². The minimum atomic E-state index is -5.34. The van der Waals surface area contributed by atoms with Gasteiger partial charge >= 0.3 is 11.8 Å². The summed E-state index contributed by atoms with van der Waals surface area (Å²) >= 11 is 0. The van der Waals surface area contributed by atoms with Crippen molar-refractivity contribution in [3.63, 3.8) is 0 Å². The van der Waals surface area contributed by atoms with E-state index in [-0.39, 0.29) is 0 Å². The van der Waals surface area contributed by atoms with Crippen molar-refractivity contribution in [2.75, 3.05) is 6.61 Å². The minimum absolute atomic E-state index is 2.16. The molecule has 0 radical (unpaired) electrons. The van der Waals surface area contributed by atoms with E-state index in [4.69, 9.17) is 0 Å². The Labute approximate surface area is 78.0 Å². The highest BCUT2D eigenvalue weighted by Gasteiger charge is 2.82. The predicted molar refractivity (Wildman–Crippen MR) is 30.6 cm³/mol. The van der Waals surface area contributed by atoms with Gasteiger partial charge in [-0.15, -0.1) is 0 Å². The molecule has 1 aliphatic rings. The number of hydrogen-bond acceptors (Lipinski definition) is 1. The zero-order valence-corrected chi connectivity index (χ0v) is 6.79. The summed E-state index contributed by atoms with van der Waals surface area (Å²) in [6.45, 7) is -2.16. The molecule has 1 heterocycles. The van der Waals surface area contributed by atoms with Gasteiger partial charge in [-0.2, -0.15) is 8.78 Å². The first-order chi connectivity index (χ1) is 6.59. The normalized spacial score (nSPS) is 40.4. The van der Waals surface area contributed by atoms with Crippen molar-refractivity contribution >= 4 is 0 Å². The molecule has 0 N–H and O–H groups in total. The molecule has 1 rings (SSSR count). The van der Waals surface area contributed by atoms with E-state index in [0.717, 1.165) is 0 Å². The first-order valence-corrected chi connectivity index (χ1v) is 3.55. The van der Waals surface area contributed by atoms with E-state index in [0.29, 0.717) is 0 Å². The molecule has 0 amide bonds. The van der Waals surface area contributed by atoms with Crippen molar-refractivity contribution in [3.8, 4) is 0 Å². The standard InChI is InChI=1S/C6H4F8O/c7-2(8)5(13)4(11,12)1-15-6(5,14)3(9)10/h2-3H,1H2. The Balaban J connectivity index is 3.24. The van der Waals surface area contributed by atoms with Gasteiger partial charge in [0.15, 0.2) is 0 Å². The van der Waals surface area contributed by atoms with Gasteiger partial charge in [-0.3, -0.25) is 0 Å². The average molecular weight is 244 g/mol. The van der Waals surface area contributed by atoms with Gasteiger partial charge in [-0.25, -0.2) is 26.3 Å². The maximum absolute atomic E-state index is 13.0. The molecular formula is C6H4F8O. The van der Waals surface area contributed by atoms with Crippen LogP contribution in [0, 0.1) is 0 Å². The summed E-state index contributed by atoms with van der Waals surface area (Å²) in [5.41, 5.74) is -5.34. The third-order valence-electron chi connectivity index (χ3n) is 2.07. The summed E-state index contributed by atoms with van der Waals surface area (Å²) in [5, 5.41) is 0. The van der Waals surface area contributed by atoms with Gasteiger partial charge in [-0.05, 0) is 0 Å². The highest BCUT2D eigenvalue weighted by atomic mass is 19.3. The Bertz CT molecular complexity index is 256. The quantitative estimate of drug-likeness (QED) is 0.678. The lowest BCUT2D eigenvalue weighted by atomic mass is 9.93. The van der Waals surface area contributed by atoms with E-state index < -0.39 is 36.9 Å². The molecule has 90 valence electrons. The fourth-order valence-electron chi connectivity index (χ4n) is 1.19. The zero-order chi connectivity index (χ0) is 12.1. The molecule has 2 unspecified atom stereocenters. The van der Waals surface area contributed by atoms with Crippen LogP contribution in [0.3, 0.4) is 0 Å². The largest absolute Gasteiger partial charge is 0.332 e. The van der Waals surface area contributed by atoms with E-state index >= 15 is 0 Å². The molecule has 1 saturated heterocycles. The molecule has 0 bridgehead atoms. The number of halogens is 8. The third-order valence-corrected chi connectivity index (χ3v) is 2.07. The summed E-state index contributed by atoms with van der Waals surface area (Å²) in [6, 6.07) is 0. The summed E-state index contributed by atoms with van der Waals surface area (Å²) < 4.78 is 102. The second-order valence-electron chi connectivity index (χ2n) is 2.95. The lowest BCUT2D eigenvalue weighted by Crippen LogP contribution is -2.61. The SMILES string of the molecule is FC(F)C1(F)OCC(F)(F)C1(F)C(F)F. The number of alkyl halides is 8. The molecule has 0 aliphatic carbocycles. The van der Waals surface area contributed by atoms with Crippen LogP contribution in [0.2, 0.25) is 0 Å². The van der Waals surface area contributed by atoms with Crippen molar-refractivity contribution in [1.82, 2.24) is 0 Å². The fraction of sp³-hybridized carbons (Fsp3) is 1.00. The van der Waals surface area contributed by atoms with Gasteiger partial charge in [0.2, 0.25) is 0 Å². The first-order valence-electron chi connectivity index (χ1n) is 3.55. The summed E-state index contributed by atoms with van der Waals surface area (Å²) in [7, 11) is 0. The first kappa shape index (κ1) is 12.5. The van der Waals surface area contributed by atoms with Crippen LogP contribution in [-0.4, -0.2) is 36.9 Å². The third kappa shape index (κ3) is 1.31. The molecule has 9 heteroatoms. The van der Waals surface area contributed by atoms with Crippen LogP contribution in [0.15, 0.2) is 0 Å². The summed E-state index contributed by atoms with van der Waals surface area (Å²) in [4.78, 5) is 0. The molecule has 0 aromatic carbocycles. The Morgan fingerprint density at radius 2 is 1.33 bits per heavy atom. The van der Waals surface area contributed by atoms with Gasteiger partial charge in [0.05, 0.1) is 0 Å². The van der Waals surface area contributed by atoms with Crippen molar-refractivity contribution in [1.29, 1.82) is 0 Å². The van der Waals surface area contributed by atoms with Crippen LogP contribution in [0.4, 0.5) is 35.1 Å². The number of ether oxygens (including phenoxy) is 1. The molecule has 0 spiro atoms. The van der Waals surface area contributed by atoms with Crippen molar-refractivity contribution < 1.29 is 39.9 Å². The van der Waals surface area contributed by atoms with Crippen molar-refractivity contribution in [2.24, 2.45) is 0 Å². The van der Waals surface area contributed by atoms with Crippen molar-refractivity contribution in [3.05, 3.63) is 0 Å². The Kier molecular flexibility index (Phi) is 2.65. The van der Waals surface area contributed by atoms with Gasteiger partial charge < -0.3 is 4.74 Å². The van der Waals surface area contributed by atoms with Gasteiger partial charge in [0.1, 0.15) is 6.61 Å². The molecule has 2 atom stereocenters. The van der Waals surface area contributed by atoms with Gasteiger partial charge in [-0.1, -0.05) is 0 Å². The van der Waals surface area contributed by atoms with Gasteiger partial charge in [0, 0.05) is 0 Å². The molecule has 1 fully saturated rings. The fourth-order valence-corrected chi connectivity index (χ4v) is 1.19. The lowest BCUT2D eigenvalue weighted by molar-refractivity contribution is -0.292. The Hall–Kier alpha value is -0.600. The van der Waals surface area contributed by atoms with E-state index in [1.54, 1.807) is 0 Å². The van der Waals surface area contributed by atoms with E-state index in [1.807, 2.05) is 0 Å². The monoisotopic (exact) mass is 244 g/mol. The number of rotatable bonds is 2.